The molecule has 1 unspecified atom stereocenters. The average molecular weight is 425 g/mol. The summed E-state index contributed by atoms with van der Waals surface area (Å²) in [6.07, 6.45) is 0.705. The Morgan fingerprint density at radius 3 is 2.63 bits per heavy atom. The second kappa shape index (κ2) is 8.53. The van der Waals surface area contributed by atoms with E-state index in [4.69, 9.17) is 24.9 Å². The van der Waals surface area contributed by atoms with Crippen LogP contribution in [0, 0.1) is 5.92 Å². The normalized spacial score (nSPS) is 14.6. The highest BCUT2D eigenvalue weighted by molar-refractivity contribution is 5.73. The maximum Gasteiger partial charge on any atom is 0.490 e. The van der Waals surface area contributed by atoms with E-state index in [-0.39, 0.29) is 6.04 Å². The average Bonchev–Trinajstić information content (AvgIpc) is 3.24. The zero-order valence-electron chi connectivity index (χ0n) is 15.7. The number of nitrogens with two attached hydrogens (primary N) is 1. The van der Waals surface area contributed by atoms with E-state index in [9.17, 15) is 13.2 Å². The van der Waals surface area contributed by atoms with Gasteiger partial charge in [0, 0.05) is 6.20 Å². The fourth-order valence-corrected chi connectivity index (χ4v) is 2.55. The molecule has 0 amide bonds. The van der Waals surface area contributed by atoms with E-state index in [0.717, 1.165) is 24.3 Å². The first-order valence-electron chi connectivity index (χ1n) is 8.77. The van der Waals surface area contributed by atoms with Gasteiger partial charge in [0.15, 0.2) is 5.82 Å². The molecule has 4 rings (SSSR count). The Morgan fingerprint density at radius 2 is 2.03 bits per heavy atom. The molecule has 1 fully saturated rings. The number of benzene rings is 1. The van der Waals surface area contributed by atoms with Crippen molar-refractivity contribution in [3.8, 4) is 23.0 Å². The molecule has 1 aliphatic carbocycles. The monoisotopic (exact) mass is 425 g/mol. The summed E-state index contributed by atoms with van der Waals surface area (Å²) in [4.78, 5) is 17.6. The number of aromatic nitrogens is 4. The minimum atomic E-state index is -5.08. The summed E-state index contributed by atoms with van der Waals surface area (Å²) in [6.45, 7) is 0. The summed E-state index contributed by atoms with van der Waals surface area (Å²) in [5.41, 5.74) is 7.60. The van der Waals surface area contributed by atoms with Gasteiger partial charge < -0.3 is 24.7 Å². The predicted octanol–water partition coefficient (Wildman–Crippen LogP) is 2.97. The summed E-state index contributed by atoms with van der Waals surface area (Å²) in [5.74, 6) is -0.586. The number of ether oxygens (including phenoxy) is 1. The third-order valence-electron chi connectivity index (χ3n) is 4.28. The Balaban J connectivity index is 0.000000318. The lowest BCUT2D eigenvalue weighted by Crippen LogP contribution is -2.21. The first-order chi connectivity index (χ1) is 14.2. The number of carboxylic acid groups (broad SMARTS) is 1. The maximum atomic E-state index is 10.6. The molecule has 1 saturated carbocycles. The van der Waals surface area contributed by atoms with E-state index in [1.54, 1.807) is 13.4 Å². The van der Waals surface area contributed by atoms with Crippen molar-refractivity contribution in [3.05, 3.63) is 42.6 Å². The molecular formula is C18H18F3N5O4. The van der Waals surface area contributed by atoms with Crippen LogP contribution >= 0.6 is 0 Å². The van der Waals surface area contributed by atoms with Crippen LogP contribution in [0.2, 0.25) is 0 Å². The molecule has 0 radical (unpaired) electrons. The number of para-hydroxylation sites is 2. The smallest absolute Gasteiger partial charge is 0.490 e. The number of imidazole rings is 1. The summed E-state index contributed by atoms with van der Waals surface area (Å²) in [5, 5.41) is 11.1. The molecule has 3 aromatic rings. The van der Waals surface area contributed by atoms with Crippen LogP contribution in [0.3, 0.4) is 0 Å². The molecule has 0 bridgehead atoms. The number of methoxy groups -OCH3 is 1. The fourth-order valence-electron chi connectivity index (χ4n) is 2.55. The van der Waals surface area contributed by atoms with Crippen LogP contribution in [0.1, 0.15) is 24.7 Å². The SMILES string of the molecule is COc1ccccc1-n1cnc(-c2nc(C(N)C3CC3)no2)c1.O=C(O)C(F)(F)F. The van der Waals surface area contributed by atoms with Crippen molar-refractivity contribution in [3.63, 3.8) is 0 Å². The number of hydrogen-bond acceptors (Lipinski definition) is 7. The zero-order valence-corrected chi connectivity index (χ0v) is 15.7. The lowest BCUT2D eigenvalue weighted by molar-refractivity contribution is -0.192. The van der Waals surface area contributed by atoms with Gasteiger partial charge in [-0.2, -0.15) is 18.2 Å². The molecule has 1 aliphatic rings. The van der Waals surface area contributed by atoms with Crippen LogP contribution in [0.15, 0.2) is 41.3 Å². The summed E-state index contributed by atoms with van der Waals surface area (Å²) in [7, 11) is 1.64. The van der Waals surface area contributed by atoms with Gasteiger partial charge in [-0.05, 0) is 30.9 Å². The van der Waals surface area contributed by atoms with E-state index in [0.29, 0.717) is 23.3 Å². The Labute approximate surface area is 168 Å². The first-order valence-corrected chi connectivity index (χ1v) is 8.77. The molecule has 30 heavy (non-hydrogen) atoms. The van der Waals surface area contributed by atoms with Crippen molar-refractivity contribution in [2.45, 2.75) is 25.1 Å². The van der Waals surface area contributed by atoms with Crippen molar-refractivity contribution in [1.29, 1.82) is 0 Å². The third-order valence-corrected chi connectivity index (χ3v) is 4.28. The first kappa shape index (κ1) is 21.3. The number of carbonyl (C=O) groups is 1. The second-order valence-electron chi connectivity index (χ2n) is 6.46. The highest BCUT2D eigenvalue weighted by atomic mass is 19.4. The van der Waals surface area contributed by atoms with Gasteiger partial charge in [-0.15, -0.1) is 0 Å². The van der Waals surface area contributed by atoms with Gasteiger partial charge in [0.2, 0.25) is 0 Å². The molecule has 1 atom stereocenters. The Morgan fingerprint density at radius 1 is 1.37 bits per heavy atom. The van der Waals surface area contributed by atoms with Crippen molar-refractivity contribution < 1.29 is 32.3 Å². The Kier molecular flexibility index (Phi) is 6.06. The van der Waals surface area contributed by atoms with Gasteiger partial charge in [-0.3, -0.25) is 0 Å². The largest absolute Gasteiger partial charge is 0.495 e. The van der Waals surface area contributed by atoms with Crippen LogP contribution < -0.4 is 10.5 Å². The third kappa shape index (κ3) is 4.95. The molecule has 1 aromatic carbocycles. The zero-order chi connectivity index (χ0) is 21.9. The summed E-state index contributed by atoms with van der Waals surface area (Å²) < 4.78 is 44.3. The number of alkyl halides is 3. The van der Waals surface area contributed by atoms with Crippen molar-refractivity contribution in [1.82, 2.24) is 19.7 Å². The van der Waals surface area contributed by atoms with E-state index >= 15 is 0 Å². The van der Waals surface area contributed by atoms with Crippen LogP contribution in [0.25, 0.3) is 17.3 Å². The molecule has 0 saturated heterocycles. The minimum Gasteiger partial charge on any atom is -0.495 e. The van der Waals surface area contributed by atoms with Crippen LogP contribution in [-0.2, 0) is 4.79 Å². The lowest BCUT2D eigenvalue weighted by Gasteiger charge is -2.07. The number of rotatable bonds is 5. The van der Waals surface area contributed by atoms with Gasteiger partial charge in [-0.1, -0.05) is 17.3 Å². The molecule has 12 heteroatoms. The van der Waals surface area contributed by atoms with Crippen LogP contribution in [-0.4, -0.2) is 44.1 Å². The van der Waals surface area contributed by atoms with Gasteiger partial charge in [0.05, 0.1) is 18.8 Å². The Bertz CT molecular complexity index is 1010. The molecule has 9 nitrogen and oxygen atoms in total. The number of nitrogens with zero attached hydrogens (tertiary/aromatic N) is 4. The van der Waals surface area contributed by atoms with Crippen LogP contribution in [0.4, 0.5) is 13.2 Å². The number of carboxylic acids is 1. The quantitative estimate of drug-likeness (QED) is 0.638. The number of aliphatic carboxylic acids is 1. The molecule has 2 aromatic heterocycles. The van der Waals surface area contributed by atoms with Gasteiger partial charge in [0.25, 0.3) is 5.89 Å². The highest BCUT2D eigenvalue weighted by Gasteiger charge is 2.38. The topological polar surface area (TPSA) is 129 Å². The van der Waals surface area contributed by atoms with Gasteiger partial charge in [-0.25, -0.2) is 9.78 Å². The molecule has 0 spiro atoms. The van der Waals surface area contributed by atoms with E-state index in [1.165, 1.54) is 0 Å². The van der Waals surface area contributed by atoms with Crippen molar-refractivity contribution in [2.75, 3.05) is 7.11 Å². The predicted molar refractivity (Wildman–Crippen MR) is 96.8 cm³/mol. The second-order valence-corrected chi connectivity index (χ2v) is 6.46. The summed E-state index contributed by atoms with van der Waals surface area (Å²) in [6, 6.07) is 7.56. The Hall–Kier alpha value is -3.41. The van der Waals surface area contributed by atoms with Gasteiger partial charge in [0.1, 0.15) is 17.8 Å². The number of halogens is 3. The van der Waals surface area contributed by atoms with Crippen molar-refractivity contribution in [2.24, 2.45) is 11.7 Å². The van der Waals surface area contributed by atoms with E-state index in [2.05, 4.69) is 15.1 Å². The molecule has 2 heterocycles. The fraction of sp³-hybridized carbons (Fsp3) is 0.333. The minimum absolute atomic E-state index is 0.149. The highest BCUT2D eigenvalue weighted by Crippen LogP contribution is 2.38. The van der Waals surface area contributed by atoms with E-state index < -0.39 is 12.1 Å². The van der Waals surface area contributed by atoms with Crippen LogP contribution in [0.5, 0.6) is 5.75 Å². The van der Waals surface area contributed by atoms with Gasteiger partial charge >= 0.3 is 12.1 Å². The summed E-state index contributed by atoms with van der Waals surface area (Å²) >= 11 is 0. The maximum absolute atomic E-state index is 10.6. The number of hydrogen-bond donors (Lipinski definition) is 2. The van der Waals surface area contributed by atoms with E-state index in [1.807, 2.05) is 35.0 Å². The van der Waals surface area contributed by atoms with Crippen molar-refractivity contribution >= 4 is 5.97 Å². The lowest BCUT2D eigenvalue weighted by atomic mass is 10.2. The standard InChI is InChI=1S/C16H17N5O2.C2HF3O2/c1-22-13-5-3-2-4-12(13)21-8-11(18-9-21)16-19-15(20-23-16)14(17)10-6-7-10;3-2(4,5)1(6)7/h2-5,8-10,14H,6-7,17H2,1H3;(H,6,7). The molecule has 3 N–H and O–H groups in total. The molecule has 160 valence electrons. The molecule has 0 aliphatic heterocycles. The molecular weight excluding hydrogens is 407 g/mol.